The number of nitrogens with one attached hydrogen (secondary N) is 2. The van der Waals surface area contributed by atoms with Crippen LogP contribution >= 0.6 is 23.4 Å². The van der Waals surface area contributed by atoms with E-state index >= 15 is 0 Å². The summed E-state index contributed by atoms with van der Waals surface area (Å²) in [5.41, 5.74) is -0.258. The lowest BCUT2D eigenvalue weighted by Gasteiger charge is -2.17. The molecule has 184 valence electrons. The Labute approximate surface area is 214 Å². The first-order chi connectivity index (χ1) is 17.1. The van der Waals surface area contributed by atoms with Crippen LogP contribution in [0.25, 0.3) is 10.8 Å². The zero-order valence-electron chi connectivity index (χ0n) is 18.9. The van der Waals surface area contributed by atoms with E-state index in [-0.39, 0.29) is 16.6 Å². The topological polar surface area (TPSA) is 58.2 Å². The van der Waals surface area contributed by atoms with Gasteiger partial charge in [0.1, 0.15) is 0 Å². The standard InChI is InChI=1S/C27H20ClF3N2O2S/c1-16(25(34)33-24-13-8-20(28)15-23(24)27(29,30)31)36-22-11-9-21(10-12-22)32-26(35)19-7-6-17-4-2-3-5-18(17)14-19/h2-16H,1H3,(H,32,35)(H,33,34). The summed E-state index contributed by atoms with van der Waals surface area (Å²) in [7, 11) is 0. The van der Waals surface area contributed by atoms with Crippen LogP contribution in [0.5, 0.6) is 0 Å². The van der Waals surface area contributed by atoms with Crippen LogP contribution in [0.3, 0.4) is 0 Å². The molecule has 0 bridgehead atoms. The Bertz CT molecular complexity index is 1420. The third-order valence-electron chi connectivity index (χ3n) is 5.35. The van der Waals surface area contributed by atoms with Crippen molar-refractivity contribution in [3.63, 3.8) is 0 Å². The van der Waals surface area contributed by atoms with Gasteiger partial charge in [-0.3, -0.25) is 9.59 Å². The van der Waals surface area contributed by atoms with Gasteiger partial charge in [-0.1, -0.05) is 41.9 Å². The van der Waals surface area contributed by atoms with Crippen molar-refractivity contribution in [2.75, 3.05) is 10.6 Å². The largest absolute Gasteiger partial charge is 0.418 e. The van der Waals surface area contributed by atoms with E-state index in [1.54, 1.807) is 37.3 Å². The van der Waals surface area contributed by atoms with Crippen molar-refractivity contribution in [1.82, 2.24) is 0 Å². The summed E-state index contributed by atoms with van der Waals surface area (Å²) in [4.78, 5) is 25.9. The molecule has 36 heavy (non-hydrogen) atoms. The van der Waals surface area contributed by atoms with E-state index in [9.17, 15) is 22.8 Å². The number of fused-ring (bicyclic) bond motifs is 1. The van der Waals surface area contributed by atoms with Gasteiger partial charge in [0.2, 0.25) is 5.91 Å². The smallest absolute Gasteiger partial charge is 0.325 e. The second-order valence-electron chi connectivity index (χ2n) is 7.98. The molecule has 4 aromatic carbocycles. The summed E-state index contributed by atoms with van der Waals surface area (Å²) >= 11 is 6.87. The van der Waals surface area contributed by atoms with Crippen LogP contribution in [-0.2, 0) is 11.0 Å². The summed E-state index contributed by atoms with van der Waals surface area (Å²) in [5.74, 6) is -0.834. The number of carbonyl (C=O) groups is 2. The second kappa shape index (κ2) is 10.6. The van der Waals surface area contributed by atoms with Gasteiger partial charge in [-0.05, 0) is 72.3 Å². The van der Waals surface area contributed by atoms with Crippen molar-refractivity contribution in [1.29, 1.82) is 0 Å². The van der Waals surface area contributed by atoms with Gasteiger partial charge < -0.3 is 10.6 Å². The molecule has 0 saturated heterocycles. The molecule has 0 aliphatic carbocycles. The molecule has 0 heterocycles. The fourth-order valence-electron chi connectivity index (χ4n) is 3.50. The molecule has 0 radical (unpaired) electrons. The van der Waals surface area contributed by atoms with Gasteiger partial charge in [-0.2, -0.15) is 13.2 Å². The molecule has 1 atom stereocenters. The molecule has 4 rings (SSSR count). The van der Waals surface area contributed by atoms with Gasteiger partial charge in [0.05, 0.1) is 16.5 Å². The monoisotopic (exact) mass is 528 g/mol. The first-order valence-corrected chi connectivity index (χ1v) is 12.1. The maximum Gasteiger partial charge on any atom is 0.418 e. The minimum Gasteiger partial charge on any atom is -0.325 e. The van der Waals surface area contributed by atoms with Crippen LogP contribution in [0.15, 0.2) is 89.8 Å². The van der Waals surface area contributed by atoms with E-state index in [1.807, 2.05) is 36.4 Å². The lowest BCUT2D eigenvalue weighted by Crippen LogP contribution is -2.24. The van der Waals surface area contributed by atoms with Crippen LogP contribution in [0.4, 0.5) is 24.5 Å². The average Bonchev–Trinajstić information content (AvgIpc) is 2.85. The number of hydrogen-bond acceptors (Lipinski definition) is 3. The van der Waals surface area contributed by atoms with Crippen LogP contribution in [0.1, 0.15) is 22.8 Å². The predicted molar refractivity (Wildman–Crippen MR) is 139 cm³/mol. The fourth-order valence-corrected chi connectivity index (χ4v) is 4.54. The number of benzene rings is 4. The summed E-state index contributed by atoms with van der Waals surface area (Å²) < 4.78 is 39.9. The minimum absolute atomic E-state index is 0.0736. The third-order valence-corrected chi connectivity index (χ3v) is 6.70. The Kier molecular flexibility index (Phi) is 7.56. The number of carbonyl (C=O) groups excluding carboxylic acids is 2. The zero-order valence-corrected chi connectivity index (χ0v) is 20.5. The predicted octanol–water partition coefficient (Wildman–Crippen LogP) is 7.88. The lowest BCUT2D eigenvalue weighted by atomic mass is 10.1. The molecule has 4 aromatic rings. The summed E-state index contributed by atoms with van der Waals surface area (Å²) in [6, 6.07) is 23.3. The Morgan fingerprint density at radius 1 is 0.861 bits per heavy atom. The molecule has 0 fully saturated rings. The Morgan fingerprint density at radius 3 is 2.25 bits per heavy atom. The van der Waals surface area contributed by atoms with Gasteiger partial charge in [0.15, 0.2) is 0 Å². The second-order valence-corrected chi connectivity index (χ2v) is 9.83. The number of hydrogen-bond donors (Lipinski definition) is 2. The summed E-state index contributed by atoms with van der Waals surface area (Å²) in [6.45, 7) is 1.60. The number of anilines is 2. The van der Waals surface area contributed by atoms with E-state index in [4.69, 9.17) is 11.6 Å². The first kappa shape index (κ1) is 25.6. The van der Waals surface area contributed by atoms with Crippen LogP contribution < -0.4 is 10.6 Å². The van der Waals surface area contributed by atoms with Crippen LogP contribution in [0.2, 0.25) is 5.02 Å². The van der Waals surface area contributed by atoms with Gasteiger partial charge >= 0.3 is 6.18 Å². The highest BCUT2D eigenvalue weighted by atomic mass is 35.5. The minimum atomic E-state index is -4.66. The van der Waals surface area contributed by atoms with Crippen molar-refractivity contribution in [2.24, 2.45) is 0 Å². The summed E-state index contributed by atoms with van der Waals surface area (Å²) in [5, 5.41) is 6.43. The van der Waals surface area contributed by atoms with E-state index in [1.165, 1.54) is 17.8 Å². The molecule has 1 unspecified atom stereocenters. The fraction of sp³-hybridized carbons (Fsp3) is 0.111. The molecule has 2 amide bonds. The van der Waals surface area contributed by atoms with E-state index in [2.05, 4.69) is 10.6 Å². The van der Waals surface area contributed by atoms with E-state index in [0.29, 0.717) is 16.1 Å². The number of halogens is 4. The molecule has 0 spiro atoms. The van der Waals surface area contributed by atoms with Gasteiger partial charge in [-0.25, -0.2) is 0 Å². The SMILES string of the molecule is CC(Sc1ccc(NC(=O)c2ccc3ccccc3c2)cc1)C(=O)Nc1ccc(Cl)cc1C(F)(F)F. The summed E-state index contributed by atoms with van der Waals surface area (Å²) in [6.07, 6.45) is -4.66. The van der Waals surface area contributed by atoms with Crippen molar-refractivity contribution >= 4 is 57.3 Å². The molecule has 4 nitrogen and oxygen atoms in total. The quantitative estimate of drug-likeness (QED) is 0.250. The molecule has 9 heteroatoms. The normalized spacial score (nSPS) is 12.2. The Balaban J connectivity index is 1.38. The van der Waals surface area contributed by atoms with Crippen molar-refractivity contribution in [3.05, 3.63) is 101 Å². The highest BCUT2D eigenvalue weighted by Gasteiger charge is 2.34. The molecule has 0 aliphatic rings. The van der Waals surface area contributed by atoms with Gasteiger partial charge in [0, 0.05) is 21.2 Å². The highest BCUT2D eigenvalue weighted by Crippen LogP contribution is 2.37. The lowest BCUT2D eigenvalue weighted by molar-refractivity contribution is -0.137. The van der Waals surface area contributed by atoms with Crippen molar-refractivity contribution < 1.29 is 22.8 Å². The number of amides is 2. The van der Waals surface area contributed by atoms with Gasteiger partial charge in [-0.15, -0.1) is 11.8 Å². The average molecular weight is 529 g/mol. The number of rotatable bonds is 6. The van der Waals surface area contributed by atoms with Crippen LogP contribution in [-0.4, -0.2) is 17.1 Å². The zero-order chi connectivity index (χ0) is 25.9. The number of thioether (sulfide) groups is 1. The molecular weight excluding hydrogens is 509 g/mol. The van der Waals surface area contributed by atoms with Crippen LogP contribution in [0, 0.1) is 0 Å². The van der Waals surface area contributed by atoms with Crippen molar-refractivity contribution in [3.8, 4) is 0 Å². The third kappa shape index (κ3) is 6.19. The molecule has 0 aliphatic heterocycles. The van der Waals surface area contributed by atoms with E-state index < -0.39 is 22.9 Å². The first-order valence-electron chi connectivity index (χ1n) is 10.8. The van der Waals surface area contributed by atoms with Crippen molar-refractivity contribution in [2.45, 2.75) is 23.2 Å². The Morgan fingerprint density at radius 2 is 1.56 bits per heavy atom. The van der Waals surface area contributed by atoms with Gasteiger partial charge in [0.25, 0.3) is 5.91 Å². The Hall–Kier alpha value is -3.49. The number of alkyl halides is 3. The molecular formula is C27H20ClF3N2O2S. The molecule has 0 saturated carbocycles. The maximum absolute atomic E-state index is 13.3. The highest BCUT2D eigenvalue weighted by molar-refractivity contribution is 8.00. The maximum atomic E-state index is 13.3. The molecule has 0 aromatic heterocycles. The van der Waals surface area contributed by atoms with E-state index in [0.717, 1.165) is 22.9 Å². The molecule has 2 N–H and O–H groups in total.